The van der Waals surface area contributed by atoms with E-state index in [4.69, 9.17) is 5.73 Å². The highest BCUT2D eigenvalue weighted by atomic mass is 16.4. The van der Waals surface area contributed by atoms with Crippen LogP contribution in [0.5, 0.6) is 0 Å². The quantitative estimate of drug-likeness (QED) is 0.524. The fraction of sp³-hybridized carbons (Fsp3) is 0.533. The van der Waals surface area contributed by atoms with Gasteiger partial charge in [-0.05, 0) is 24.0 Å². The molecule has 0 aliphatic rings. The zero-order valence-corrected chi connectivity index (χ0v) is 13.8. The fourth-order valence-corrected chi connectivity index (χ4v) is 2.73. The van der Waals surface area contributed by atoms with Crippen molar-refractivity contribution >= 4 is 11.8 Å². The summed E-state index contributed by atoms with van der Waals surface area (Å²) in [5.74, 6) is -0.789. The molecule has 0 spiro atoms. The molecule has 0 aliphatic carbocycles. The molecule has 2 aromatic heterocycles. The Morgan fingerprint density at radius 1 is 1.42 bits per heavy atom. The maximum absolute atomic E-state index is 11.7. The Labute approximate surface area is 140 Å². The molecule has 0 saturated carbocycles. The molecule has 9 nitrogen and oxygen atoms in total. The van der Waals surface area contributed by atoms with Gasteiger partial charge in [0.15, 0.2) is 5.82 Å². The maximum atomic E-state index is 11.7. The molecule has 0 aromatic carbocycles. The fourth-order valence-electron chi connectivity index (χ4n) is 2.73. The molecule has 0 bridgehead atoms. The first-order valence-electron chi connectivity index (χ1n) is 7.88. The third-order valence-electron chi connectivity index (χ3n) is 3.86. The van der Waals surface area contributed by atoms with E-state index in [-0.39, 0.29) is 11.8 Å². The van der Waals surface area contributed by atoms with Crippen LogP contribution in [0.3, 0.4) is 0 Å². The van der Waals surface area contributed by atoms with Crippen molar-refractivity contribution in [3.63, 3.8) is 0 Å². The molecule has 0 radical (unpaired) electrons. The minimum atomic E-state index is -0.867. The second-order valence-corrected chi connectivity index (χ2v) is 5.96. The highest BCUT2D eigenvalue weighted by molar-refractivity contribution is 5.71. The number of H-pyrrole nitrogens is 1. The Bertz CT molecular complexity index is 628. The Hall–Kier alpha value is -2.55. The minimum Gasteiger partial charge on any atom is -0.481 e. The number of nitrogens with two attached hydrogens (primary N) is 1. The lowest BCUT2D eigenvalue weighted by molar-refractivity contribution is -0.144. The van der Waals surface area contributed by atoms with E-state index < -0.39 is 11.9 Å². The van der Waals surface area contributed by atoms with Crippen molar-refractivity contribution in [3.8, 4) is 0 Å². The summed E-state index contributed by atoms with van der Waals surface area (Å²) >= 11 is 0. The number of carbonyl (C=O) groups is 1. The predicted molar refractivity (Wildman–Crippen MR) is 88.4 cm³/mol. The third kappa shape index (κ3) is 4.48. The van der Waals surface area contributed by atoms with E-state index in [1.54, 1.807) is 6.20 Å². The number of hydrogen-bond acceptors (Lipinski definition) is 7. The van der Waals surface area contributed by atoms with Crippen LogP contribution in [0.15, 0.2) is 18.3 Å². The van der Waals surface area contributed by atoms with Gasteiger partial charge in [0.1, 0.15) is 5.82 Å². The Morgan fingerprint density at radius 3 is 2.71 bits per heavy atom. The second kappa shape index (κ2) is 8.34. The number of tetrazole rings is 1. The first-order chi connectivity index (χ1) is 11.5. The van der Waals surface area contributed by atoms with Crippen LogP contribution >= 0.6 is 0 Å². The number of nitrogens with one attached hydrogen (secondary N) is 2. The van der Waals surface area contributed by atoms with Gasteiger partial charge in [-0.15, -0.1) is 10.2 Å². The molecular weight excluding hydrogens is 310 g/mol. The summed E-state index contributed by atoms with van der Waals surface area (Å²) < 4.78 is 0. The van der Waals surface area contributed by atoms with Crippen molar-refractivity contribution in [3.05, 3.63) is 29.7 Å². The van der Waals surface area contributed by atoms with Crippen LogP contribution in [-0.2, 0) is 11.2 Å². The number of aromatic amines is 1. The van der Waals surface area contributed by atoms with Gasteiger partial charge < -0.3 is 16.2 Å². The van der Waals surface area contributed by atoms with E-state index in [9.17, 15) is 9.90 Å². The number of pyridine rings is 1. The number of nitrogens with zero attached hydrogens (tertiary/aromatic N) is 4. The van der Waals surface area contributed by atoms with Gasteiger partial charge in [-0.1, -0.05) is 25.1 Å². The monoisotopic (exact) mass is 333 g/mol. The minimum absolute atomic E-state index is 0.0653. The molecule has 24 heavy (non-hydrogen) atoms. The average Bonchev–Trinajstić information content (AvgIpc) is 3.07. The Balaban J connectivity index is 2.21. The normalized spacial score (nSPS) is 13.7. The Morgan fingerprint density at radius 2 is 2.21 bits per heavy atom. The van der Waals surface area contributed by atoms with E-state index in [1.807, 2.05) is 26.0 Å². The summed E-state index contributed by atoms with van der Waals surface area (Å²) in [5, 5.41) is 26.7. The van der Waals surface area contributed by atoms with E-state index in [0.29, 0.717) is 25.3 Å². The van der Waals surface area contributed by atoms with E-state index in [2.05, 4.69) is 30.9 Å². The van der Waals surface area contributed by atoms with Crippen LogP contribution < -0.4 is 11.1 Å². The molecule has 2 heterocycles. The molecule has 2 aromatic rings. The summed E-state index contributed by atoms with van der Waals surface area (Å²) in [6.45, 7) is 4.93. The second-order valence-electron chi connectivity index (χ2n) is 5.96. The number of anilines is 1. The number of aromatic nitrogens is 5. The van der Waals surface area contributed by atoms with Gasteiger partial charge in [0, 0.05) is 25.2 Å². The van der Waals surface area contributed by atoms with Crippen LogP contribution in [0.25, 0.3) is 0 Å². The SMILES string of the molecule is CC(C)[C@H](C(=O)O)[C@H](Cc1ccc(NCCN)nc1)c1nn[nH]n1. The standard InChI is InChI=1S/C15H23N7O2/c1-9(2)13(15(23)24)11(14-19-21-22-20-14)7-10-3-4-12(18-8-10)17-6-5-16/h3-4,8-9,11,13H,5-7,16H2,1-2H3,(H,17,18)(H,23,24)(H,19,20,21,22)/t11-,13-/m0/s1. The number of carboxylic acids is 1. The summed E-state index contributed by atoms with van der Waals surface area (Å²) in [6.07, 6.45) is 2.20. The van der Waals surface area contributed by atoms with E-state index in [0.717, 1.165) is 11.4 Å². The van der Waals surface area contributed by atoms with Gasteiger partial charge in [-0.3, -0.25) is 4.79 Å². The lowest BCUT2D eigenvalue weighted by atomic mass is 9.79. The lowest BCUT2D eigenvalue weighted by Crippen LogP contribution is -2.29. The van der Waals surface area contributed by atoms with Crippen molar-refractivity contribution in [1.82, 2.24) is 25.6 Å². The maximum Gasteiger partial charge on any atom is 0.307 e. The van der Waals surface area contributed by atoms with Crippen molar-refractivity contribution in [2.45, 2.75) is 26.2 Å². The van der Waals surface area contributed by atoms with Gasteiger partial charge in [-0.2, -0.15) is 5.21 Å². The molecule has 0 fully saturated rings. The van der Waals surface area contributed by atoms with Crippen LogP contribution in [0, 0.1) is 11.8 Å². The molecule has 5 N–H and O–H groups in total. The number of hydrogen-bond donors (Lipinski definition) is 4. The molecule has 2 rings (SSSR count). The van der Waals surface area contributed by atoms with Crippen LogP contribution in [-0.4, -0.2) is 49.8 Å². The smallest absolute Gasteiger partial charge is 0.307 e. The van der Waals surface area contributed by atoms with Crippen molar-refractivity contribution in [2.24, 2.45) is 17.6 Å². The first-order valence-corrected chi connectivity index (χ1v) is 7.88. The molecular formula is C15H23N7O2. The van der Waals surface area contributed by atoms with Crippen LogP contribution in [0.2, 0.25) is 0 Å². The molecule has 2 atom stereocenters. The number of rotatable bonds is 9. The molecule has 9 heteroatoms. The highest BCUT2D eigenvalue weighted by Crippen LogP contribution is 2.31. The first kappa shape index (κ1) is 17.8. The topological polar surface area (TPSA) is 143 Å². The summed E-state index contributed by atoms with van der Waals surface area (Å²) in [6, 6.07) is 3.77. The molecule has 0 unspecified atom stereocenters. The van der Waals surface area contributed by atoms with E-state index >= 15 is 0 Å². The summed E-state index contributed by atoms with van der Waals surface area (Å²) in [7, 11) is 0. The Kier molecular flexibility index (Phi) is 6.19. The van der Waals surface area contributed by atoms with Crippen molar-refractivity contribution < 1.29 is 9.90 Å². The number of carboxylic acid groups (broad SMARTS) is 1. The summed E-state index contributed by atoms with van der Waals surface area (Å²) in [5.41, 5.74) is 6.36. The predicted octanol–water partition coefficient (Wildman–Crippen LogP) is 0.648. The highest BCUT2D eigenvalue weighted by Gasteiger charge is 2.35. The van der Waals surface area contributed by atoms with Crippen LogP contribution in [0.1, 0.15) is 31.2 Å². The van der Waals surface area contributed by atoms with Crippen molar-refractivity contribution in [2.75, 3.05) is 18.4 Å². The van der Waals surface area contributed by atoms with Crippen LogP contribution in [0.4, 0.5) is 5.82 Å². The largest absolute Gasteiger partial charge is 0.481 e. The lowest BCUT2D eigenvalue weighted by Gasteiger charge is -2.24. The number of aliphatic carboxylic acids is 1. The molecule has 0 saturated heterocycles. The van der Waals surface area contributed by atoms with Gasteiger partial charge >= 0.3 is 5.97 Å². The van der Waals surface area contributed by atoms with Gasteiger partial charge in [0.2, 0.25) is 0 Å². The van der Waals surface area contributed by atoms with Gasteiger partial charge in [-0.25, -0.2) is 4.98 Å². The van der Waals surface area contributed by atoms with Gasteiger partial charge in [0.25, 0.3) is 0 Å². The zero-order chi connectivity index (χ0) is 17.5. The molecule has 0 aliphatic heterocycles. The zero-order valence-electron chi connectivity index (χ0n) is 13.8. The summed E-state index contributed by atoms with van der Waals surface area (Å²) in [4.78, 5) is 16.0. The molecule has 0 amide bonds. The molecule has 130 valence electrons. The van der Waals surface area contributed by atoms with Gasteiger partial charge in [0.05, 0.1) is 5.92 Å². The van der Waals surface area contributed by atoms with Crippen molar-refractivity contribution in [1.29, 1.82) is 0 Å². The average molecular weight is 333 g/mol. The van der Waals surface area contributed by atoms with E-state index in [1.165, 1.54) is 0 Å². The third-order valence-corrected chi connectivity index (χ3v) is 3.86.